The molecule has 0 unspecified atom stereocenters. The van der Waals surface area contributed by atoms with Crippen LogP contribution in [0, 0.1) is 5.92 Å². The predicted molar refractivity (Wildman–Crippen MR) is 106 cm³/mol. The molecule has 1 aromatic carbocycles. The fourth-order valence-electron chi connectivity index (χ4n) is 3.43. The lowest BCUT2D eigenvalue weighted by Gasteiger charge is -2.33. The summed E-state index contributed by atoms with van der Waals surface area (Å²) >= 11 is 6.00. The molecule has 138 valence electrons. The van der Waals surface area contributed by atoms with Crippen LogP contribution in [0.3, 0.4) is 0 Å². The highest BCUT2D eigenvalue weighted by molar-refractivity contribution is 6.30. The number of pyridine rings is 1. The molecule has 0 bridgehead atoms. The zero-order chi connectivity index (χ0) is 18.6. The number of halogens is 1. The van der Waals surface area contributed by atoms with Crippen LogP contribution in [0.25, 0.3) is 11.2 Å². The number of fused-ring (bicyclic) bond motifs is 1. The lowest BCUT2D eigenvalue weighted by Crippen LogP contribution is -2.43. The fraction of sp³-hybridized carbons (Fsp3) is 0.300. The number of rotatable bonds is 4. The first-order chi connectivity index (χ1) is 13.2. The van der Waals surface area contributed by atoms with Crippen LogP contribution in [-0.4, -0.2) is 33.9 Å². The van der Waals surface area contributed by atoms with Crippen LogP contribution in [0.15, 0.2) is 48.9 Å². The zero-order valence-electron chi connectivity index (χ0n) is 14.8. The molecule has 4 rings (SSSR count). The second kappa shape index (κ2) is 7.88. The lowest BCUT2D eigenvalue weighted by atomic mass is 9.96. The second-order valence-electron chi connectivity index (χ2n) is 6.73. The normalized spacial score (nSPS) is 17.1. The molecule has 1 saturated heterocycles. The van der Waals surface area contributed by atoms with Crippen molar-refractivity contribution >= 4 is 34.4 Å². The van der Waals surface area contributed by atoms with Crippen molar-refractivity contribution in [3.8, 4) is 0 Å². The van der Waals surface area contributed by atoms with Gasteiger partial charge in [0.25, 0.3) is 0 Å². The summed E-state index contributed by atoms with van der Waals surface area (Å²) in [7, 11) is 0. The van der Waals surface area contributed by atoms with E-state index in [0.717, 1.165) is 36.2 Å². The molecule has 2 aromatic heterocycles. The highest BCUT2D eigenvalue weighted by Crippen LogP contribution is 2.24. The molecular weight excluding hydrogens is 362 g/mol. The summed E-state index contributed by atoms with van der Waals surface area (Å²) < 4.78 is 0. The maximum Gasteiger partial charge on any atom is 0.225 e. The molecule has 27 heavy (non-hydrogen) atoms. The molecule has 1 N–H and O–H groups in total. The Bertz CT molecular complexity index is 964. The Balaban J connectivity index is 1.41. The molecule has 1 amide bonds. The van der Waals surface area contributed by atoms with Gasteiger partial charge < -0.3 is 10.2 Å². The van der Waals surface area contributed by atoms with Crippen LogP contribution < -0.4 is 10.2 Å². The highest BCUT2D eigenvalue weighted by atomic mass is 35.5. The molecule has 3 heterocycles. The van der Waals surface area contributed by atoms with Gasteiger partial charge in [0.1, 0.15) is 5.52 Å². The van der Waals surface area contributed by atoms with E-state index in [2.05, 4.69) is 25.2 Å². The molecule has 0 spiro atoms. The summed E-state index contributed by atoms with van der Waals surface area (Å²) in [6.07, 6.45) is 6.96. The standard InChI is InChI=1S/C20H20ClN5O/c21-16-5-1-3-14(9-16)11-25-20(27)15-4-2-8-26(13-15)17-10-18-19(24-12-17)23-7-6-22-18/h1,3,5-7,9-10,12,15H,2,4,8,11,13H2,(H,25,27)/t15-/m0/s1. The van der Waals surface area contributed by atoms with Crippen molar-refractivity contribution in [2.75, 3.05) is 18.0 Å². The van der Waals surface area contributed by atoms with Gasteiger partial charge in [-0.25, -0.2) is 9.97 Å². The highest BCUT2D eigenvalue weighted by Gasteiger charge is 2.26. The maximum absolute atomic E-state index is 12.6. The van der Waals surface area contributed by atoms with Gasteiger partial charge >= 0.3 is 0 Å². The minimum absolute atomic E-state index is 0.0458. The number of benzene rings is 1. The third-order valence-corrected chi connectivity index (χ3v) is 5.06. The second-order valence-corrected chi connectivity index (χ2v) is 7.16. The average Bonchev–Trinajstić information content (AvgIpc) is 2.72. The monoisotopic (exact) mass is 381 g/mol. The van der Waals surface area contributed by atoms with Crippen LogP contribution in [0.1, 0.15) is 18.4 Å². The molecule has 1 aliphatic heterocycles. The number of hydrogen-bond donors (Lipinski definition) is 1. The van der Waals surface area contributed by atoms with Crippen LogP contribution in [0.5, 0.6) is 0 Å². The van der Waals surface area contributed by atoms with E-state index in [4.69, 9.17) is 11.6 Å². The number of nitrogens with zero attached hydrogens (tertiary/aromatic N) is 4. The summed E-state index contributed by atoms with van der Waals surface area (Å²) in [5, 5.41) is 3.71. The van der Waals surface area contributed by atoms with Gasteiger partial charge in [-0.2, -0.15) is 0 Å². The number of carbonyl (C=O) groups is 1. The van der Waals surface area contributed by atoms with Gasteiger partial charge in [0.2, 0.25) is 5.91 Å². The molecular formula is C20H20ClN5O. The Hall–Kier alpha value is -2.73. The Morgan fingerprint density at radius 1 is 1.22 bits per heavy atom. The lowest BCUT2D eigenvalue weighted by molar-refractivity contribution is -0.125. The zero-order valence-corrected chi connectivity index (χ0v) is 15.6. The van der Waals surface area contributed by atoms with Gasteiger partial charge in [-0.3, -0.25) is 9.78 Å². The molecule has 1 aliphatic rings. The van der Waals surface area contributed by atoms with Crippen LogP contribution >= 0.6 is 11.6 Å². The molecule has 3 aromatic rings. The minimum atomic E-state index is -0.0458. The number of hydrogen-bond acceptors (Lipinski definition) is 5. The Labute approximate surface area is 162 Å². The van der Waals surface area contributed by atoms with E-state index in [0.29, 0.717) is 23.8 Å². The molecule has 1 atom stereocenters. The smallest absolute Gasteiger partial charge is 0.225 e. The van der Waals surface area contributed by atoms with E-state index in [1.165, 1.54) is 0 Å². The topological polar surface area (TPSA) is 71.0 Å². The van der Waals surface area contributed by atoms with Gasteiger partial charge in [-0.05, 0) is 36.6 Å². The van der Waals surface area contributed by atoms with Crippen molar-refractivity contribution in [1.82, 2.24) is 20.3 Å². The molecule has 0 aliphatic carbocycles. The number of amides is 1. The van der Waals surface area contributed by atoms with Gasteiger partial charge in [0.15, 0.2) is 5.65 Å². The average molecular weight is 382 g/mol. The molecule has 7 heteroatoms. The summed E-state index contributed by atoms with van der Waals surface area (Å²) in [5.41, 5.74) is 3.38. The van der Waals surface area contributed by atoms with Crippen molar-refractivity contribution in [3.63, 3.8) is 0 Å². The van der Waals surface area contributed by atoms with Gasteiger partial charge in [-0.15, -0.1) is 0 Å². The Morgan fingerprint density at radius 3 is 3.00 bits per heavy atom. The van der Waals surface area contributed by atoms with Gasteiger partial charge in [-0.1, -0.05) is 23.7 Å². The van der Waals surface area contributed by atoms with E-state index < -0.39 is 0 Å². The molecule has 1 fully saturated rings. The molecule has 0 radical (unpaired) electrons. The van der Waals surface area contributed by atoms with Crippen molar-refractivity contribution in [3.05, 3.63) is 59.5 Å². The first-order valence-corrected chi connectivity index (χ1v) is 9.41. The maximum atomic E-state index is 12.6. The number of piperidine rings is 1. The summed E-state index contributed by atoms with van der Waals surface area (Å²) in [5.74, 6) is 0.0312. The van der Waals surface area contributed by atoms with Gasteiger partial charge in [0.05, 0.1) is 17.8 Å². The molecule has 0 saturated carbocycles. The van der Waals surface area contributed by atoms with Crippen molar-refractivity contribution in [2.24, 2.45) is 5.92 Å². The summed E-state index contributed by atoms with van der Waals surface area (Å²) in [6.45, 7) is 2.07. The van der Waals surface area contributed by atoms with E-state index in [1.54, 1.807) is 12.4 Å². The van der Waals surface area contributed by atoms with Crippen LogP contribution in [0.2, 0.25) is 5.02 Å². The Morgan fingerprint density at radius 2 is 2.11 bits per heavy atom. The fourth-order valence-corrected chi connectivity index (χ4v) is 3.64. The van der Waals surface area contributed by atoms with E-state index in [9.17, 15) is 4.79 Å². The third kappa shape index (κ3) is 4.17. The van der Waals surface area contributed by atoms with Crippen LogP contribution in [-0.2, 0) is 11.3 Å². The number of carbonyl (C=O) groups excluding carboxylic acids is 1. The number of aromatic nitrogens is 3. The Kier molecular flexibility index (Phi) is 5.16. The SMILES string of the molecule is O=C(NCc1cccc(Cl)c1)[C@H]1CCCN(c2cnc3nccnc3c2)C1. The first-order valence-electron chi connectivity index (χ1n) is 9.03. The quantitative estimate of drug-likeness (QED) is 0.751. The number of nitrogens with one attached hydrogen (secondary N) is 1. The summed E-state index contributed by atoms with van der Waals surface area (Å²) in [6, 6.07) is 9.54. The van der Waals surface area contributed by atoms with E-state index in [1.807, 2.05) is 36.5 Å². The number of anilines is 1. The van der Waals surface area contributed by atoms with E-state index >= 15 is 0 Å². The largest absolute Gasteiger partial charge is 0.369 e. The van der Waals surface area contributed by atoms with Crippen molar-refractivity contribution in [1.29, 1.82) is 0 Å². The van der Waals surface area contributed by atoms with Crippen LogP contribution in [0.4, 0.5) is 5.69 Å². The minimum Gasteiger partial charge on any atom is -0.369 e. The molecule has 6 nitrogen and oxygen atoms in total. The first kappa shape index (κ1) is 17.7. The van der Waals surface area contributed by atoms with E-state index in [-0.39, 0.29) is 11.8 Å². The van der Waals surface area contributed by atoms with Crippen molar-refractivity contribution in [2.45, 2.75) is 19.4 Å². The predicted octanol–water partition coefficient (Wildman–Crippen LogP) is 3.21. The van der Waals surface area contributed by atoms with Crippen molar-refractivity contribution < 1.29 is 4.79 Å². The summed E-state index contributed by atoms with van der Waals surface area (Å²) in [4.78, 5) is 27.7. The van der Waals surface area contributed by atoms with Gasteiger partial charge in [0, 0.05) is 37.1 Å². The third-order valence-electron chi connectivity index (χ3n) is 4.82.